The molecule has 96 valence electrons. The molecule has 0 saturated heterocycles. The molecule has 0 spiro atoms. The van der Waals surface area contributed by atoms with Crippen LogP contribution in [0.3, 0.4) is 0 Å². The second-order valence-corrected chi connectivity index (χ2v) is 3.36. The molecule has 6 heteroatoms. The van der Waals surface area contributed by atoms with Gasteiger partial charge in [-0.1, -0.05) is 24.3 Å². The molecular formula is C12H10Cl2O4. The molecule has 2 aromatic rings. The first-order valence-corrected chi connectivity index (χ1v) is 4.59. The Bertz CT molecular complexity index is 543. The highest BCUT2D eigenvalue weighted by atomic mass is 35.5. The van der Waals surface area contributed by atoms with Crippen molar-refractivity contribution < 1.29 is 19.8 Å². The average molecular weight is 289 g/mol. The van der Waals surface area contributed by atoms with E-state index in [1.807, 2.05) is 0 Å². The molecule has 0 aliphatic rings. The highest BCUT2D eigenvalue weighted by molar-refractivity contribution is 6.06. The number of carboxylic acids is 2. The molecule has 0 aliphatic carbocycles. The molecule has 0 amide bonds. The van der Waals surface area contributed by atoms with Crippen LogP contribution in [0.25, 0.3) is 10.8 Å². The number of fused-ring (bicyclic) bond motifs is 1. The fourth-order valence-electron chi connectivity index (χ4n) is 1.59. The molecule has 2 aromatic carbocycles. The van der Waals surface area contributed by atoms with E-state index >= 15 is 0 Å². The van der Waals surface area contributed by atoms with Gasteiger partial charge in [0.15, 0.2) is 0 Å². The van der Waals surface area contributed by atoms with Gasteiger partial charge in [0, 0.05) is 0 Å². The quantitative estimate of drug-likeness (QED) is 0.891. The van der Waals surface area contributed by atoms with Crippen LogP contribution in [0.1, 0.15) is 20.7 Å². The minimum atomic E-state index is -1.23. The number of hydrogen-bond donors (Lipinski definition) is 2. The lowest BCUT2D eigenvalue weighted by molar-refractivity contribution is 0.0652. The summed E-state index contributed by atoms with van der Waals surface area (Å²) in [6.45, 7) is 0. The summed E-state index contributed by atoms with van der Waals surface area (Å²) >= 11 is 0. The predicted molar refractivity (Wildman–Crippen MR) is 72.4 cm³/mol. The van der Waals surface area contributed by atoms with E-state index in [1.165, 1.54) is 12.1 Å². The first kappa shape index (κ1) is 16.2. The van der Waals surface area contributed by atoms with Crippen molar-refractivity contribution in [2.75, 3.05) is 0 Å². The summed E-state index contributed by atoms with van der Waals surface area (Å²) in [7, 11) is 0. The normalized spacial score (nSPS) is 9.11. The van der Waals surface area contributed by atoms with E-state index in [9.17, 15) is 9.59 Å². The van der Waals surface area contributed by atoms with E-state index in [2.05, 4.69) is 0 Å². The Morgan fingerprint density at radius 3 is 1.39 bits per heavy atom. The predicted octanol–water partition coefficient (Wildman–Crippen LogP) is 3.08. The zero-order valence-corrected chi connectivity index (χ0v) is 10.6. The van der Waals surface area contributed by atoms with Gasteiger partial charge in [0.2, 0.25) is 0 Å². The zero-order chi connectivity index (χ0) is 11.7. The van der Waals surface area contributed by atoms with Gasteiger partial charge in [-0.25, -0.2) is 9.59 Å². The Kier molecular flexibility index (Phi) is 5.62. The highest BCUT2D eigenvalue weighted by Gasteiger charge is 2.16. The third kappa shape index (κ3) is 2.91. The average Bonchev–Trinajstić information content (AvgIpc) is 2.27. The monoisotopic (exact) mass is 288 g/mol. The molecule has 2 N–H and O–H groups in total. The number of benzene rings is 2. The van der Waals surface area contributed by atoms with Crippen LogP contribution in [0.2, 0.25) is 0 Å². The Balaban J connectivity index is 0.00000144. The molecule has 0 aromatic heterocycles. The standard InChI is InChI=1S/C12H8O4.2ClH/c13-11(14)9-5-7-3-1-2-4-8(7)6-10(9)12(15)16;;/h1-6H,(H,13,14)(H,15,16);2*1H. The molecule has 0 saturated carbocycles. The summed E-state index contributed by atoms with van der Waals surface area (Å²) in [6, 6.07) is 9.78. The first-order chi connectivity index (χ1) is 7.59. The topological polar surface area (TPSA) is 74.6 Å². The molecule has 2 rings (SSSR count). The summed E-state index contributed by atoms with van der Waals surface area (Å²) in [5.74, 6) is -2.47. The van der Waals surface area contributed by atoms with Crippen LogP contribution in [-0.4, -0.2) is 22.2 Å². The van der Waals surface area contributed by atoms with Gasteiger partial charge < -0.3 is 10.2 Å². The Morgan fingerprint density at radius 2 is 1.11 bits per heavy atom. The second-order valence-electron chi connectivity index (χ2n) is 3.36. The minimum Gasteiger partial charge on any atom is -0.478 e. The molecule has 0 atom stereocenters. The summed E-state index contributed by atoms with van der Waals surface area (Å²) in [5.41, 5.74) is -0.377. The van der Waals surface area contributed by atoms with E-state index < -0.39 is 11.9 Å². The second kappa shape index (κ2) is 6.23. The Morgan fingerprint density at radius 1 is 0.778 bits per heavy atom. The molecule has 0 bridgehead atoms. The number of carbonyl (C=O) groups is 2. The summed E-state index contributed by atoms with van der Waals surface area (Å²) in [4.78, 5) is 21.8. The third-order valence-corrected chi connectivity index (χ3v) is 2.35. The van der Waals surface area contributed by atoms with Gasteiger partial charge >= 0.3 is 11.9 Å². The van der Waals surface area contributed by atoms with Crippen LogP contribution in [0.4, 0.5) is 0 Å². The Hall–Kier alpha value is -1.78. The Labute approximate surface area is 115 Å². The molecule has 0 unspecified atom stereocenters. The van der Waals surface area contributed by atoms with E-state index in [0.717, 1.165) is 0 Å². The van der Waals surface area contributed by atoms with E-state index in [4.69, 9.17) is 10.2 Å². The fraction of sp³-hybridized carbons (Fsp3) is 0. The summed E-state index contributed by atoms with van der Waals surface area (Å²) in [6.07, 6.45) is 0. The summed E-state index contributed by atoms with van der Waals surface area (Å²) in [5, 5.41) is 19.2. The van der Waals surface area contributed by atoms with Crippen molar-refractivity contribution in [2.24, 2.45) is 0 Å². The van der Waals surface area contributed by atoms with Crippen LogP contribution in [-0.2, 0) is 0 Å². The number of hydrogen-bond acceptors (Lipinski definition) is 2. The van der Waals surface area contributed by atoms with Crippen LogP contribution >= 0.6 is 24.8 Å². The number of carboxylic acid groups (broad SMARTS) is 2. The molecule has 4 nitrogen and oxygen atoms in total. The zero-order valence-electron chi connectivity index (χ0n) is 8.99. The number of aromatic carboxylic acids is 2. The van der Waals surface area contributed by atoms with Crippen LogP contribution in [0.15, 0.2) is 36.4 Å². The highest BCUT2D eigenvalue weighted by Crippen LogP contribution is 2.20. The van der Waals surface area contributed by atoms with E-state index in [0.29, 0.717) is 10.8 Å². The van der Waals surface area contributed by atoms with Crippen molar-refractivity contribution in [1.82, 2.24) is 0 Å². The summed E-state index contributed by atoms with van der Waals surface area (Å²) < 4.78 is 0. The number of halogens is 2. The van der Waals surface area contributed by atoms with Gasteiger partial charge in [0.1, 0.15) is 0 Å². The van der Waals surface area contributed by atoms with Gasteiger partial charge in [-0.3, -0.25) is 0 Å². The van der Waals surface area contributed by atoms with Crippen molar-refractivity contribution in [1.29, 1.82) is 0 Å². The molecular weight excluding hydrogens is 279 g/mol. The molecule has 0 radical (unpaired) electrons. The van der Waals surface area contributed by atoms with Crippen molar-refractivity contribution >= 4 is 47.5 Å². The van der Waals surface area contributed by atoms with Crippen LogP contribution < -0.4 is 0 Å². The maximum Gasteiger partial charge on any atom is 0.336 e. The SMILES string of the molecule is Cl.Cl.O=C(O)c1cc2ccccc2cc1C(=O)O. The lowest BCUT2D eigenvalue weighted by Gasteiger charge is -2.04. The lowest BCUT2D eigenvalue weighted by Crippen LogP contribution is -2.07. The van der Waals surface area contributed by atoms with Gasteiger partial charge in [0.25, 0.3) is 0 Å². The first-order valence-electron chi connectivity index (χ1n) is 4.59. The fourth-order valence-corrected chi connectivity index (χ4v) is 1.59. The minimum absolute atomic E-state index is 0. The number of rotatable bonds is 2. The van der Waals surface area contributed by atoms with E-state index in [1.54, 1.807) is 24.3 Å². The van der Waals surface area contributed by atoms with E-state index in [-0.39, 0.29) is 35.9 Å². The van der Waals surface area contributed by atoms with Gasteiger partial charge in [-0.15, -0.1) is 24.8 Å². The lowest BCUT2D eigenvalue weighted by atomic mass is 10.0. The molecule has 0 fully saturated rings. The van der Waals surface area contributed by atoms with Gasteiger partial charge in [-0.05, 0) is 22.9 Å². The van der Waals surface area contributed by atoms with Gasteiger partial charge in [-0.2, -0.15) is 0 Å². The molecule has 0 heterocycles. The van der Waals surface area contributed by atoms with Crippen LogP contribution in [0, 0.1) is 0 Å². The maximum atomic E-state index is 10.9. The van der Waals surface area contributed by atoms with Gasteiger partial charge in [0.05, 0.1) is 11.1 Å². The molecule has 0 aliphatic heterocycles. The third-order valence-electron chi connectivity index (χ3n) is 2.35. The van der Waals surface area contributed by atoms with Crippen molar-refractivity contribution in [3.63, 3.8) is 0 Å². The van der Waals surface area contributed by atoms with Crippen molar-refractivity contribution in [3.8, 4) is 0 Å². The van der Waals surface area contributed by atoms with Crippen molar-refractivity contribution in [2.45, 2.75) is 0 Å². The largest absolute Gasteiger partial charge is 0.478 e. The maximum absolute atomic E-state index is 10.9. The smallest absolute Gasteiger partial charge is 0.336 e. The van der Waals surface area contributed by atoms with Crippen molar-refractivity contribution in [3.05, 3.63) is 47.5 Å². The molecule has 18 heavy (non-hydrogen) atoms. The van der Waals surface area contributed by atoms with Crippen LogP contribution in [0.5, 0.6) is 0 Å².